The van der Waals surface area contributed by atoms with Crippen LogP contribution in [0.5, 0.6) is 0 Å². The Morgan fingerprint density at radius 3 is 2.57 bits per heavy atom. The van der Waals surface area contributed by atoms with Gasteiger partial charge in [0.15, 0.2) is 0 Å². The maximum Gasteiger partial charge on any atom is 0.288 e. The maximum atomic E-state index is 10.5. The number of nitro groups is 1. The van der Waals surface area contributed by atoms with Gasteiger partial charge in [0, 0.05) is 12.1 Å². The van der Waals surface area contributed by atoms with Crippen molar-refractivity contribution in [2.24, 2.45) is 5.73 Å². The molecular weight excluding hydrogens is 227 g/mol. The van der Waals surface area contributed by atoms with E-state index in [0.29, 0.717) is 5.56 Å². The van der Waals surface area contributed by atoms with Crippen molar-refractivity contribution in [3.63, 3.8) is 0 Å². The molecule has 0 saturated carbocycles. The lowest BCUT2D eigenvalue weighted by Crippen LogP contribution is -2.05. The summed E-state index contributed by atoms with van der Waals surface area (Å²) in [5.74, 6) is 0. The van der Waals surface area contributed by atoms with Crippen molar-refractivity contribution in [2.75, 3.05) is 0 Å². The van der Waals surface area contributed by atoms with Gasteiger partial charge >= 0.3 is 0 Å². The van der Waals surface area contributed by atoms with Crippen LogP contribution in [-0.2, 0) is 0 Å². The van der Waals surface area contributed by atoms with Crippen molar-refractivity contribution in [1.82, 2.24) is 0 Å². The molecule has 0 aliphatic heterocycles. The Hall–Kier alpha value is -0.840. The van der Waals surface area contributed by atoms with Gasteiger partial charge in [-0.2, -0.15) is 0 Å². The van der Waals surface area contributed by atoms with Crippen LogP contribution in [0.25, 0.3) is 0 Å². The number of benzene rings is 1. The molecule has 0 spiro atoms. The fraction of sp³-hybridized carbons (Fsp3) is 0.250. The van der Waals surface area contributed by atoms with Crippen LogP contribution in [0, 0.1) is 10.1 Å². The molecule has 0 saturated heterocycles. The molecule has 1 aromatic rings. The van der Waals surface area contributed by atoms with Crippen LogP contribution in [0.2, 0.25) is 5.02 Å². The third-order valence-electron chi connectivity index (χ3n) is 1.69. The Bertz CT molecular complexity index is 342. The van der Waals surface area contributed by atoms with E-state index in [4.69, 9.17) is 17.3 Å². The zero-order valence-electron chi connectivity index (χ0n) is 7.44. The molecular formula is C8H10Cl2N2O2. The Balaban J connectivity index is 0.00000169. The lowest BCUT2D eigenvalue weighted by molar-refractivity contribution is -0.384. The number of hydrogen-bond acceptors (Lipinski definition) is 3. The van der Waals surface area contributed by atoms with Crippen LogP contribution in [0.4, 0.5) is 5.69 Å². The molecule has 0 aromatic heterocycles. The normalized spacial score (nSPS) is 11.6. The monoisotopic (exact) mass is 236 g/mol. The molecule has 0 radical (unpaired) electrons. The summed E-state index contributed by atoms with van der Waals surface area (Å²) in [6.07, 6.45) is 0. The number of nitrogens with zero attached hydrogens (tertiary/aromatic N) is 1. The van der Waals surface area contributed by atoms with Gasteiger partial charge in [-0.15, -0.1) is 12.4 Å². The van der Waals surface area contributed by atoms with Crippen molar-refractivity contribution < 1.29 is 4.92 Å². The molecule has 6 heteroatoms. The molecule has 14 heavy (non-hydrogen) atoms. The second kappa shape index (κ2) is 5.14. The van der Waals surface area contributed by atoms with E-state index in [1.165, 1.54) is 12.1 Å². The fourth-order valence-electron chi connectivity index (χ4n) is 0.953. The van der Waals surface area contributed by atoms with Crippen LogP contribution in [0.3, 0.4) is 0 Å². The van der Waals surface area contributed by atoms with Gasteiger partial charge in [-0.1, -0.05) is 17.7 Å². The third-order valence-corrected chi connectivity index (χ3v) is 2.01. The van der Waals surface area contributed by atoms with Gasteiger partial charge in [0.25, 0.3) is 5.69 Å². The Morgan fingerprint density at radius 2 is 2.14 bits per heavy atom. The van der Waals surface area contributed by atoms with E-state index in [1.807, 2.05) is 0 Å². The largest absolute Gasteiger partial charge is 0.324 e. The fourth-order valence-corrected chi connectivity index (χ4v) is 1.14. The molecule has 0 aliphatic carbocycles. The van der Waals surface area contributed by atoms with Crippen molar-refractivity contribution in [1.29, 1.82) is 0 Å². The number of nitrogens with two attached hydrogens (primary N) is 1. The van der Waals surface area contributed by atoms with Crippen molar-refractivity contribution in [3.8, 4) is 0 Å². The molecule has 1 aromatic carbocycles. The average Bonchev–Trinajstić information content (AvgIpc) is 2.04. The number of halogens is 2. The highest BCUT2D eigenvalue weighted by atomic mass is 35.5. The van der Waals surface area contributed by atoms with Crippen LogP contribution in [0.1, 0.15) is 18.5 Å². The minimum atomic E-state index is -0.520. The van der Waals surface area contributed by atoms with Gasteiger partial charge in [-0.25, -0.2) is 0 Å². The van der Waals surface area contributed by atoms with Crippen LogP contribution >= 0.6 is 24.0 Å². The average molecular weight is 237 g/mol. The molecule has 78 valence electrons. The van der Waals surface area contributed by atoms with Crippen LogP contribution in [-0.4, -0.2) is 4.92 Å². The standard InChI is InChI=1S/C8H9ClN2O2.ClH/c1-5(10)6-2-3-7(9)8(4-6)11(12)13;/h2-5H,10H2,1H3;1H/t5-;/m1./s1. The summed E-state index contributed by atoms with van der Waals surface area (Å²) in [5, 5.41) is 10.6. The first kappa shape index (κ1) is 13.2. The molecule has 2 N–H and O–H groups in total. The molecule has 0 unspecified atom stereocenters. The first-order chi connectivity index (χ1) is 6.02. The predicted octanol–water partition coefficient (Wildman–Crippen LogP) is 2.69. The highest BCUT2D eigenvalue weighted by molar-refractivity contribution is 6.32. The van der Waals surface area contributed by atoms with Gasteiger partial charge in [-0.05, 0) is 18.6 Å². The summed E-state index contributed by atoms with van der Waals surface area (Å²) in [4.78, 5) is 9.96. The summed E-state index contributed by atoms with van der Waals surface area (Å²) in [7, 11) is 0. The molecule has 0 fully saturated rings. The van der Waals surface area contributed by atoms with Gasteiger partial charge < -0.3 is 5.73 Å². The van der Waals surface area contributed by atoms with E-state index < -0.39 is 4.92 Å². The second-order valence-electron chi connectivity index (χ2n) is 2.76. The SMILES string of the molecule is C[C@@H](N)c1ccc(Cl)c([N+](=O)[O-])c1.Cl. The highest BCUT2D eigenvalue weighted by Crippen LogP contribution is 2.26. The lowest BCUT2D eigenvalue weighted by atomic mass is 10.1. The Kier molecular flexibility index (Phi) is 4.83. The highest BCUT2D eigenvalue weighted by Gasteiger charge is 2.13. The van der Waals surface area contributed by atoms with Gasteiger partial charge in [0.1, 0.15) is 5.02 Å². The summed E-state index contributed by atoms with van der Waals surface area (Å²) in [5.41, 5.74) is 6.17. The Labute approximate surface area is 92.6 Å². The lowest BCUT2D eigenvalue weighted by Gasteiger charge is -2.04. The van der Waals surface area contributed by atoms with E-state index in [1.54, 1.807) is 13.0 Å². The molecule has 0 heterocycles. The van der Waals surface area contributed by atoms with Gasteiger partial charge in [0.05, 0.1) is 4.92 Å². The van der Waals surface area contributed by atoms with Crippen molar-refractivity contribution >= 4 is 29.7 Å². The minimum absolute atomic E-state index is 0. The van der Waals surface area contributed by atoms with Gasteiger partial charge in [-0.3, -0.25) is 10.1 Å². The predicted molar refractivity (Wildman–Crippen MR) is 58.0 cm³/mol. The zero-order valence-corrected chi connectivity index (χ0v) is 9.01. The summed E-state index contributed by atoms with van der Waals surface area (Å²) in [6.45, 7) is 1.76. The Morgan fingerprint density at radius 1 is 1.57 bits per heavy atom. The molecule has 0 bridgehead atoms. The topological polar surface area (TPSA) is 69.2 Å². The van der Waals surface area contributed by atoms with Crippen LogP contribution < -0.4 is 5.73 Å². The van der Waals surface area contributed by atoms with Gasteiger partial charge in [0.2, 0.25) is 0 Å². The summed E-state index contributed by atoms with van der Waals surface area (Å²) < 4.78 is 0. The minimum Gasteiger partial charge on any atom is -0.324 e. The number of rotatable bonds is 2. The second-order valence-corrected chi connectivity index (χ2v) is 3.16. The first-order valence-corrected chi connectivity index (χ1v) is 4.09. The van der Waals surface area contributed by atoms with Crippen LogP contribution in [0.15, 0.2) is 18.2 Å². The quantitative estimate of drug-likeness (QED) is 0.634. The summed E-state index contributed by atoms with van der Waals surface area (Å²) in [6, 6.07) is 4.33. The maximum absolute atomic E-state index is 10.5. The molecule has 4 nitrogen and oxygen atoms in total. The molecule has 1 rings (SSSR count). The van der Waals surface area contributed by atoms with E-state index in [-0.39, 0.29) is 29.2 Å². The zero-order chi connectivity index (χ0) is 10.0. The first-order valence-electron chi connectivity index (χ1n) is 3.72. The number of nitro benzene ring substituents is 1. The molecule has 1 atom stereocenters. The van der Waals surface area contributed by atoms with Crippen molar-refractivity contribution in [3.05, 3.63) is 38.9 Å². The third kappa shape index (κ3) is 2.83. The van der Waals surface area contributed by atoms with E-state index in [2.05, 4.69) is 0 Å². The smallest absolute Gasteiger partial charge is 0.288 e. The number of hydrogen-bond donors (Lipinski definition) is 1. The molecule has 0 amide bonds. The van der Waals surface area contributed by atoms with Crippen molar-refractivity contribution in [2.45, 2.75) is 13.0 Å². The van der Waals surface area contributed by atoms with E-state index in [9.17, 15) is 10.1 Å². The van der Waals surface area contributed by atoms with E-state index >= 15 is 0 Å². The summed E-state index contributed by atoms with van der Waals surface area (Å²) >= 11 is 5.61. The molecule has 0 aliphatic rings. The van der Waals surface area contributed by atoms with E-state index in [0.717, 1.165) is 0 Å².